The lowest BCUT2D eigenvalue weighted by atomic mass is 10.2. The predicted octanol–water partition coefficient (Wildman–Crippen LogP) is -0.877. The van der Waals surface area contributed by atoms with E-state index in [2.05, 4.69) is 9.64 Å². The third-order valence-electron chi connectivity index (χ3n) is 3.47. The van der Waals surface area contributed by atoms with Crippen LogP contribution < -0.4 is 4.72 Å². The van der Waals surface area contributed by atoms with Crippen molar-refractivity contribution >= 4 is 16.3 Å². The molecule has 3 fully saturated rings. The molecule has 0 aromatic rings. The van der Waals surface area contributed by atoms with Gasteiger partial charge in [0, 0.05) is 19.6 Å². The number of amides is 1. The van der Waals surface area contributed by atoms with E-state index < -0.39 is 16.3 Å². The number of carbonyl (C=O) groups is 1. The Morgan fingerprint density at radius 3 is 2.29 bits per heavy atom. The van der Waals surface area contributed by atoms with Gasteiger partial charge in [-0.3, -0.25) is 4.90 Å². The van der Waals surface area contributed by atoms with E-state index in [1.165, 1.54) is 0 Å². The van der Waals surface area contributed by atoms with Crippen LogP contribution in [0.3, 0.4) is 0 Å². The molecule has 3 aliphatic rings. The summed E-state index contributed by atoms with van der Waals surface area (Å²) in [6.45, 7) is 5.71. The quantitative estimate of drug-likeness (QED) is 0.670. The van der Waals surface area contributed by atoms with Crippen LogP contribution in [0, 0.1) is 0 Å². The molecule has 3 aliphatic heterocycles. The number of hydrogen-bond donors (Lipinski definition) is 1. The highest BCUT2D eigenvalue weighted by atomic mass is 32.2. The molecule has 7 nitrogen and oxygen atoms in total. The fraction of sp³-hybridized carbons (Fsp3) is 0.889. The molecule has 0 aromatic heterocycles. The topological polar surface area (TPSA) is 75.7 Å². The summed E-state index contributed by atoms with van der Waals surface area (Å²) >= 11 is 0. The van der Waals surface area contributed by atoms with Crippen LogP contribution in [-0.4, -0.2) is 69.2 Å². The van der Waals surface area contributed by atoms with Crippen molar-refractivity contribution in [2.24, 2.45) is 0 Å². The van der Waals surface area contributed by atoms with Gasteiger partial charge in [0.15, 0.2) is 0 Å². The van der Waals surface area contributed by atoms with Crippen LogP contribution in [-0.2, 0) is 14.9 Å². The van der Waals surface area contributed by atoms with Crippen LogP contribution in [0.5, 0.6) is 0 Å². The van der Waals surface area contributed by atoms with E-state index in [0.29, 0.717) is 19.6 Å². The molecule has 3 heterocycles. The number of fused-ring (bicyclic) bond motifs is 3. The number of rotatable bonds is 3. The zero-order valence-corrected chi connectivity index (χ0v) is 10.7. The van der Waals surface area contributed by atoms with E-state index in [1.807, 2.05) is 4.72 Å². The molecule has 0 atom stereocenters. The normalized spacial score (nSPS) is 32.2. The van der Waals surface area contributed by atoms with Crippen LogP contribution in [0.15, 0.2) is 0 Å². The third kappa shape index (κ3) is 2.24. The summed E-state index contributed by atoms with van der Waals surface area (Å²) in [5.41, 5.74) is 0. The molecule has 2 bridgehead atoms. The van der Waals surface area contributed by atoms with Gasteiger partial charge in [-0.2, -0.15) is 17.0 Å². The van der Waals surface area contributed by atoms with Crippen LogP contribution >= 0.6 is 0 Å². The van der Waals surface area contributed by atoms with Crippen molar-refractivity contribution in [3.63, 3.8) is 0 Å². The van der Waals surface area contributed by atoms with Crippen LogP contribution in [0.1, 0.15) is 6.92 Å². The number of piperazine rings is 3. The highest BCUT2D eigenvalue weighted by molar-refractivity contribution is 7.84. The molecule has 0 unspecified atom stereocenters. The number of hydrogen-bond acceptors (Lipinski definition) is 5. The van der Waals surface area contributed by atoms with E-state index in [1.54, 1.807) is 6.92 Å². The summed E-state index contributed by atoms with van der Waals surface area (Å²) in [6.07, 6.45) is -0.881. The maximum absolute atomic E-state index is 12.2. The van der Waals surface area contributed by atoms with Gasteiger partial charge in [0.2, 0.25) is 0 Å². The first-order valence-electron chi connectivity index (χ1n) is 5.77. The highest BCUT2D eigenvalue weighted by Crippen LogP contribution is 2.23. The Morgan fingerprint density at radius 2 is 1.82 bits per heavy atom. The Labute approximate surface area is 101 Å². The van der Waals surface area contributed by atoms with E-state index in [9.17, 15) is 13.2 Å². The van der Waals surface area contributed by atoms with Crippen molar-refractivity contribution in [2.75, 3.05) is 45.9 Å². The van der Waals surface area contributed by atoms with E-state index in [4.69, 9.17) is 0 Å². The largest absolute Gasteiger partial charge is 0.449 e. The molecule has 0 saturated carbocycles. The van der Waals surface area contributed by atoms with Crippen LogP contribution in [0.2, 0.25) is 0 Å². The Hall–Kier alpha value is -0.860. The summed E-state index contributed by atoms with van der Waals surface area (Å²) in [4.78, 5) is 13.5. The maximum Gasteiger partial charge on any atom is 0.425 e. The molecular weight excluding hydrogens is 246 g/mol. The molecule has 8 heteroatoms. The summed E-state index contributed by atoms with van der Waals surface area (Å²) in [6, 6.07) is 0. The standard InChI is InChI=1S/C9H17N3O4S/c1-2-16-9(13)10-17(14,15)12-6-3-11(4-7-12)5-8-12/h2-8H2,1H3/p+1. The van der Waals surface area contributed by atoms with Gasteiger partial charge >= 0.3 is 16.3 Å². The predicted molar refractivity (Wildman–Crippen MR) is 60.4 cm³/mol. The number of ether oxygens (including phenoxy) is 1. The molecule has 1 N–H and O–H groups in total. The minimum atomic E-state index is -3.69. The van der Waals surface area contributed by atoms with E-state index in [-0.39, 0.29) is 10.5 Å². The molecule has 0 aliphatic carbocycles. The summed E-state index contributed by atoms with van der Waals surface area (Å²) in [5, 5.41) is 0. The third-order valence-corrected chi connectivity index (χ3v) is 5.46. The summed E-state index contributed by atoms with van der Waals surface area (Å²) < 4.78 is 31.0. The Bertz CT molecular complexity index is 387. The average molecular weight is 264 g/mol. The fourth-order valence-electron chi connectivity index (χ4n) is 2.37. The number of nitrogens with zero attached hydrogens (tertiary/aromatic N) is 2. The minimum Gasteiger partial charge on any atom is -0.449 e. The molecule has 3 saturated heterocycles. The smallest absolute Gasteiger partial charge is 0.425 e. The first kappa shape index (κ1) is 12.6. The lowest BCUT2D eigenvalue weighted by Gasteiger charge is -2.47. The second kappa shape index (κ2) is 4.43. The van der Waals surface area contributed by atoms with Crippen molar-refractivity contribution in [2.45, 2.75) is 6.92 Å². The molecule has 3 rings (SSSR count). The lowest BCUT2D eigenvalue weighted by Crippen LogP contribution is -2.71. The first-order chi connectivity index (χ1) is 7.99. The van der Waals surface area contributed by atoms with Crippen molar-refractivity contribution in [3.8, 4) is 0 Å². The number of nitrogens with one attached hydrogen (secondary N) is 1. The molecule has 98 valence electrons. The van der Waals surface area contributed by atoms with Crippen molar-refractivity contribution in [1.82, 2.24) is 9.62 Å². The molecule has 0 aromatic carbocycles. The van der Waals surface area contributed by atoms with Gasteiger partial charge in [0.1, 0.15) is 19.6 Å². The van der Waals surface area contributed by atoms with Crippen LogP contribution in [0.4, 0.5) is 4.79 Å². The fourth-order valence-corrected chi connectivity index (χ4v) is 3.79. The van der Waals surface area contributed by atoms with Gasteiger partial charge in [-0.05, 0) is 6.92 Å². The monoisotopic (exact) mass is 264 g/mol. The summed E-state index contributed by atoms with van der Waals surface area (Å²) in [5.74, 6) is 0. The van der Waals surface area contributed by atoms with E-state index in [0.717, 1.165) is 19.6 Å². The highest BCUT2D eigenvalue weighted by Gasteiger charge is 2.49. The van der Waals surface area contributed by atoms with Crippen molar-refractivity contribution in [1.29, 1.82) is 0 Å². The molecule has 17 heavy (non-hydrogen) atoms. The molecule has 0 radical (unpaired) electrons. The number of quaternary nitrogens is 1. The lowest BCUT2D eigenvalue weighted by molar-refractivity contribution is -0.824. The SMILES string of the molecule is CCOC(=O)NS(=O)(=O)[N+]12CCN(CC1)CC2. The number of carbonyl (C=O) groups excluding carboxylic acids is 1. The minimum absolute atomic E-state index is 0.0394. The first-order valence-corrected chi connectivity index (χ1v) is 7.21. The second-order valence-corrected chi connectivity index (χ2v) is 6.30. The van der Waals surface area contributed by atoms with E-state index >= 15 is 0 Å². The van der Waals surface area contributed by atoms with Gasteiger partial charge in [-0.15, -0.1) is 0 Å². The molecule has 0 spiro atoms. The Kier molecular flexibility index (Phi) is 3.28. The maximum atomic E-state index is 12.2. The zero-order chi connectivity index (χ0) is 12.5. The summed E-state index contributed by atoms with van der Waals surface area (Å²) in [7, 11) is -3.69. The molecular formula is C9H18N3O4S+. The van der Waals surface area contributed by atoms with Gasteiger partial charge < -0.3 is 4.74 Å². The van der Waals surface area contributed by atoms with Gasteiger partial charge in [0.05, 0.1) is 6.61 Å². The Morgan fingerprint density at radius 1 is 1.29 bits per heavy atom. The van der Waals surface area contributed by atoms with Gasteiger partial charge in [-0.1, -0.05) is 0 Å². The van der Waals surface area contributed by atoms with Crippen molar-refractivity contribution < 1.29 is 21.8 Å². The Balaban J connectivity index is 2.11. The zero-order valence-electron chi connectivity index (χ0n) is 9.89. The van der Waals surface area contributed by atoms with Gasteiger partial charge in [-0.25, -0.2) is 4.79 Å². The second-order valence-electron chi connectivity index (χ2n) is 4.37. The molecule has 1 amide bonds. The van der Waals surface area contributed by atoms with Crippen LogP contribution in [0.25, 0.3) is 0 Å². The van der Waals surface area contributed by atoms with Gasteiger partial charge in [0.25, 0.3) is 0 Å². The van der Waals surface area contributed by atoms with Crippen molar-refractivity contribution in [3.05, 3.63) is 0 Å². The average Bonchev–Trinajstić information content (AvgIpc) is 2.31.